The number of carbonyl (C=O) groups is 4. The summed E-state index contributed by atoms with van der Waals surface area (Å²) in [7, 11) is 1.41. The second kappa shape index (κ2) is 15.4. The number of anilines is 1. The van der Waals surface area contributed by atoms with Crippen LogP contribution in [-0.2, 0) is 22.8 Å². The minimum Gasteiger partial charge on any atom is -0.477 e. The second-order valence-corrected chi connectivity index (χ2v) is 15.5. The Morgan fingerprint density at radius 3 is 2.38 bits per heavy atom. The molecule has 1 aromatic carbocycles. The zero-order valence-corrected chi connectivity index (χ0v) is 31.3. The first-order valence-corrected chi connectivity index (χ1v) is 19.0. The number of halogens is 4. The monoisotopic (exact) mass is 803 g/mol. The number of nitrogens with zero attached hydrogens (tertiary/aromatic N) is 8. The fourth-order valence-electron chi connectivity index (χ4n) is 7.66. The number of piperazine rings is 1. The molecule has 3 amide bonds. The lowest BCUT2D eigenvalue weighted by Gasteiger charge is -2.46. The van der Waals surface area contributed by atoms with E-state index in [9.17, 15) is 37.5 Å². The van der Waals surface area contributed by atoms with Crippen molar-refractivity contribution in [2.45, 2.75) is 19.0 Å². The van der Waals surface area contributed by atoms with Crippen LogP contribution in [0.4, 0.5) is 18.9 Å². The van der Waals surface area contributed by atoms with Crippen molar-refractivity contribution in [2.75, 3.05) is 70.8 Å². The Bertz CT molecular complexity index is 2090. The van der Waals surface area contributed by atoms with Gasteiger partial charge in [-0.05, 0) is 18.2 Å². The quantitative estimate of drug-likeness (QED) is 0.204. The molecule has 0 atom stereocenters. The Hall–Kier alpha value is -4.85. The van der Waals surface area contributed by atoms with Gasteiger partial charge in [0.1, 0.15) is 0 Å². The lowest BCUT2D eigenvalue weighted by atomic mass is 9.90. The predicted octanol–water partition coefficient (Wildman–Crippen LogP) is 3.47. The molecule has 3 N–H and O–H groups in total. The van der Waals surface area contributed by atoms with Crippen molar-refractivity contribution < 1.29 is 41.9 Å². The number of carbonyl (C=O) groups excluding carboxylic acids is 3. The highest BCUT2D eigenvalue weighted by molar-refractivity contribution is 7.12. The molecule has 3 aliphatic heterocycles. The minimum atomic E-state index is -4.78. The van der Waals surface area contributed by atoms with Crippen LogP contribution in [0.15, 0.2) is 42.2 Å². The first kappa shape index (κ1) is 38.4. The molecule has 7 rings (SSSR count). The molecule has 0 unspecified atom stereocenters. The minimum absolute atomic E-state index is 0.00832. The molecular weight excluding hydrogens is 765 g/mol. The van der Waals surface area contributed by atoms with Crippen molar-refractivity contribution in [2.24, 2.45) is 18.9 Å². The summed E-state index contributed by atoms with van der Waals surface area (Å²) in [4.78, 5) is 63.4. The van der Waals surface area contributed by atoms with Gasteiger partial charge in [0.05, 0.1) is 47.7 Å². The van der Waals surface area contributed by atoms with Crippen LogP contribution < -0.4 is 10.6 Å². The highest BCUT2D eigenvalue weighted by Crippen LogP contribution is 2.37. The molecule has 15 nitrogen and oxygen atoms in total. The standard InChI is InChI=1S/C35H38ClF3N10O5S/c1-45-27(25-18-48(34-41-6-13-55-34)44-29(25)35(37,38)39)17-42-30(45)31(52)43-23-2-3-24(26(36)14-23)33(54)47-9-7-46(8-10-47)32(53)22-4-11-49(12-5-22,20-28(50)51)19-21-15-40-16-21/h2-3,6,13-14,17-18,21-22,40H,4-5,7-12,15-16,19-20H2,1H3,(H-,43,50,51,52,54)/p+1. The van der Waals surface area contributed by atoms with Gasteiger partial charge in [-0.25, -0.2) is 19.4 Å². The number of thiazole rings is 1. The molecule has 3 aliphatic rings. The van der Waals surface area contributed by atoms with Crippen molar-refractivity contribution in [3.8, 4) is 16.4 Å². The van der Waals surface area contributed by atoms with Crippen molar-refractivity contribution in [1.29, 1.82) is 0 Å². The summed E-state index contributed by atoms with van der Waals surface area (Å²) in [5.74, 6) is -1.73. The van der Waals surface area contributed by atoms with Gasteiger partial charge in [0, 0.05) is 94.5 Å². The Balaban J connectivity index is 0.947. The number of hydrogen-bond donors (Lipinski definition) is 3. The summed E-state index contributed by atoms with van der Waals surface area (Å²) in [5.41, 5.74) is -0.981. The molecule has 0 saturated carbocycles. The summed E-state index contributed by atoms with van der Waals surface area (Å²) in [6, 6.07) is 4.38. The van der Waals surface area contributed by atoms with Crippen LogP contribution in [0.5, 0.6) is 0 Å². The number of aliphatic carboxylic acids is 1. The SMILES string of the molecule is Cn1c(-c2cn(-c3nccs3)nc2C(F)(F)F)cnc1C(=O)Nc1ccc(C(=O)N2CCN(C(=O)C3CC[N+](CC(=O)O)(CC4CNC4)CC3)CC2)c(Cl)c1. The lowest BCUT2D eigenvalue weighted by Crippen LogP contribution is -2.62. The number of piperidine rings is 1. The van der Waals surface area contributed by atoms with Crippen LogP contribution in [0.1, 0.15) is 39.5 Å². The van der Waals surface area contributed by atoms with E-state index in [1.807, 2.05) is 0 Å². The zero-order chi connectivity index (χ0) is 39.1. The molecule has 0 spiro atoms. The number of quaternary nitrogens is 1. The Morgan fingerprint density at radius 1 is 1.07 bits per heavy atom. The lowest BCUT2D eigenvalue weighted by molar-refractivity contribution is -0.929. The Kier molecular flexibility index (Phi) is 10.7. The van der Waals surface area contributed by atoms with Gasteiger partial charge in [0.15, 0.2) is 18.1 Å². The molecule has 4 aromatic rings. The van der Waals surface area contributed by atoms with Crippen LogP contribution in [0, 0.1) is 11.8 Å². The summed E-state index contributed by atoms with van der Waals surface area (Å²) in [6.07, 6.45) is 0.268. The molecule has 0 radical (unpaired) electrons. The largest absolute Gasteiger partial charge is 0.477 e. The van der Waals surface area contributed by atoms with Gasteiger partial charge in [-0.15, -0.1) is 11.3 Å². The molecule has 6 heterocycles. The number of carboxylic acid groups (broad SMARTS) is 1. The molecule has 55 heavy (non-hydrogen) atoms. The van der Waals surface area contributed by atoms with Crippen molar-refractivity contribution in [3.63, 3.8) is 0 Å². The molecule has 0 bridgehead atoms. The number of likely N-dealkylation sites (tertiary alicyclic amines) is 1. The number of imidazole rings is 1. The summed E-state index contributed by atoms with van der Waals surface area (Å²) < 4.78 is 44.6. The number of carboxylic acids is 1. The summed E-state index contributed by atoms with van der Waals surface area (Å²) in [5, 5.41) is 21.1. The van der Waals surface area contributed by atoms with Crippen LogP contribution >= 0.6 is 22.9 Å². The summed E-state index contributed by atoms with van der Waals surface area (Å²) in [6.45, 7) is 5.30. The molecule has 3 saturated heterocycles. The first-order valence-electron chi connectivity index (χ1n) is 17.8. The van der Waals surface area contributed by atoms with E-state index >= 15 is 0 Å². The van der Waals surface area contributed by atoms with Gasteiger partial charge in [0.2, 0.25) is 11.0 Å². The first-order chi connectivity index (χ1) is 26.2. The molecule has 3 aromatic heterocycles. The molecule has 0 aliphatic carbocycles. The van der Waals surface area contributed by atoms with E-state index in [1.165, 1.54) is 42.2 Å². The highest BCUT2D eigenvalue weighted by atomic mass is 35.5. The number of aromatic nitrogens is 5. The maximum atomic E-state index is 14.0. The fourth-order valence-corrected chi connectivity index (χ4v) is 8.49. The molecule has 3 fully saturated rings. The Morgan fingerprint density at radius 2 is 1.78 bits per heavy atom. The number of hydrogen-bond acceptors (Lipinski definition) is 9. The van der Waals surface area contributed by atoms with E-state index in [0.717, 1.165) is 41.8 Å². The zero-order valence-electron chi connectivity index (χ0n) is 29.8. The van der Waals surface area contributed by atoms with Crippen LogP contribution in [-0.4, -0.2) is 133 Å². The Labute approximate surface area is 322 Å². The third-order valence-corrected chi connectivity index (χ3v) is 11.7. The average Bonchev–Trinajstić information content (AvgIpc) is 3.90. The van der Waals surface area contributed by atoms with Gasteiger partial charge in [0.25, 0.3) is 11.8 Å². The van der Waals surface area contributed by atoms with E-state index in [2.05, 4.69) is 25.7 Å². The number of rotatable bonds is 10. The second-order valence-electron chi connectivity index (χ2n) is 14.3. The number of alkyl halides is 3. The molecule has 20 heteroatoms. The maximum absolute atomic E-state index is 14.0. The van der Waals surface area contributed by atoms with Gasteiger partial charge >= 0.3 is 12.1 Å². The highest BCUT2D eigenvalue weighted by Gasteiger charge is 2.42. The van der Waals surface area contributed by atoms with Gasteiger partial charge in [-0.1, -0.05) is 11.6 Å². The fraction of sp³-hybridized carbons (Fsp3) is 0.457. The van der Waals surface area contributed by atoms with E-state index in [0.29, 0.717) is 62.5 Å². The number of nitrogens with one attached hydrogen (secondary N) is 2. The number of benzene rings is 1. The smallest absolute Gasteiger partial charge is 0.435 e. The predicted molar refractivity (Wildman–Crippen MR) is 195 cm³/mol. The summed E-state index contributed by atoms with van der Waals surface area (Å²) >= 11 is 7.64. The third kappa shape index (κ3) is 8.10. The average molecular weight is 804 g/mol. The third-order valence-electron chi connectivity index (χ3n) is 10.6. The van der Waals surface area contributed by atoms with E-state index in [1.54, 1.807) is 15.2 Å². The van der Waals surface area contributed by atoms with Gasteiger partial charge in [-0.3, -0.25) is 14.4 Å². The van der Waals surface area contributed by atoms with Gasteiger partial charge < -0.3 is 34.6 Å². The number of amides is 3. The van der Waals surface area contributed by atoms with E-state index in [-0.39, 0.29) is 62.8 Å². The van der Waals surface area contributed by atoms with E-state index in [4.69, 9.17) is 11.6 Å². The van der Waals surface area contributed by atoms with Crippen LogP contribution in [0.2, 0.25) is 5.02 Å². The van der Waals surface area contributed by atoms with Gasteiger partial charge in [-0.2, -0.15) is 18.3 Å². The van der Waals surface area contributed by atoms with Crippen molar-refractivity contribution in [1.82, 2.24) is 39.4 Å². The maximum Gasteiger partial charge on any atom is 0.435 e. The van der Waals surface area contributed by atoms with Crippen molar-refractivity contribution >= 4 is 52.3 Å². The van der Waals surface area contributed by atoms with Crippen LogP contribution in [0.25, 0.3) is 16.4 Å². The molecular formula is C35H39ClF3N10O5S+. The normalized spacial score (nSPS) is 20.6. The van der Waals surface area contributed by atoms with Crippen LogP contribution in [0.3, 0.4) is 0 Å². The topological polar surface area (TPSA) is 168 Å². The molecule has 292 valence electrons. The van der Waals surface area contributed by atoms with E-state index < -0.39 is 23.7 Å². The van der Waals surface area contributed by atoms with Crippen molar-refractivity contribution in [3.05, 3.63) is 64.3 Å².